The minimum atomic E-state index is 0.757. The van der Waals surface area contributed by atoms with Gasteiger partial charge in [-0.1, -0.05) is 17.7 Å². The number of rotatable bonds is 5. The van der Waals surface area contributed by atoms with Crippen molar-refractivity contribution in [2.45, 2.75) is 13.1 Å². The predicted molar refractivity (Wildman–Crippen MR) is 77.4 cm³/mol. The Labute approximate surface area is 116 Å². The van der Waals surface area contributed by atoms with Gasteiger partial charge in [0, 0.05) is 35.2 Å². The lowest BCUT2D eigenvalue weighted by atomic mass is 10.2. The van der Waals surface area contributed by atoms with Gasteiger partial charge in [-0.15, -0.1) is 0 Å². The standard InChI is InChI=1S/C15H15ClN2O/c16-14-4-1-5-15-13(14)6-8-18(15)9-7-17-11-12-3-2-10-19-12/h1-6,8,10,17H,7,9,11H2. The number of benzene rings is 1. The van der Waals surface area contributed by atoms with Gasteiger partial charge in [0.25, 0.3) is 0 Å². The third-order valence-electron chi connectivity index (χ3n) is 3.17. The van der Waals surface area contributed by atoms with E-state index in [-0.39, 0.29) is 0 Å². The fourth-order valence-corrected chi connectivity index (χ4v) is 2.44. The number of aromatic nitrogens is 1. The number of furan rings is 1. The Morgan fingerprint density at radius 2 is 2.11 bits per heavy atom. The highest BCUT2D eigenvalue weighted by Gasteiger charge is 2.03. The summed E-state index contributed by atoms with van der Waals surface area (Å²) < 4.78 is 7.47. The van der Waals surface area contributed by atoms with Crippen molar-refractivity contribution < 1.29 is 4.42 Å². The van der Waals surface area contributed by atoms with Gasteiger partial charge < -0.3 is 14.3 Å². The molecule has 3 nitrogen and oxygen atoms in total. The first-order valence-electron chi connectivity index (χ1n) is 6.31. The molecule has 0 bridgehead atoms. The molecule has 0 aliphatic rings. The molecule has 0 saturated carbocycles. The highest BCUT2D eigenvalue weighted by Crippen LogP contribution is 2.23. The van der Waals surface area contributed by atoms with Crippen LogP contribution in [0.5, 0.6) is 0 Å². The first-order chi connectivity index (χ1) is 9.34. The highest BCUT2D eigenvalue weighted by atomic mass is 35.5. The molecule has 0 unspecified atom stereocenters. The van der Waals surface area contributed by atoms with Crippen LogP contribution in [0.4, 0.5) is 0 Å². The van der Waals surface area contributed by atoms with E-state index in [1.165, 1.54) is 5.52 Å². The van der Waals surface area contributed by atoms with Crippen LogP contribution in [0, 0.1) is 0 Å². The van der Waals surface area contributed by atoms with Crippen LogP contribution < -0.4 is 5.32 Å². The van der Waals surface area contributed by atoms with Crippen LogP contribution in [0.15, 0.2) is 53.3 Å². The van der Waals surface area contributed by atoms with E-state index in [2.05, 4.69) is 28.2 Å². The van der Waals surface area contributed by atoms with E-state index >= 15 is 0 Å². The summed E-state index contributed by atoms with van der Waals surface area (Å²) in [7, 11) is 0. The molecule has 0 aliphatic carbocycles. The molecule has 0 saturated heterocycles. The van der Waals surface area contributed by atoms with Crippen molar-refractivity contribution in [3.8, 4) is 0 Å². The maximum absolute atomic E-state index is 6.16. The second kappa shape index (κ2) is 5.51. The number of halogens is 1. The van der Waals surface area contributed by atoms with E-state index in [1.54, 1.807) is 6.26 Å². The van der Waals surface area contributed by atoms with E-state index in [0.29, 0.717) is 0 Å². The second-order valence-electron chi connectivity index (χ2n) is 4.44. The predicted octanol–water partition coefficient (Wildman–Crippen LogP) is 3.68. The Morgan fingerprint density at radius 3 is 2.95 bits per heavy atom. The zero-order chi connectivity index (χ0) is 13.1. The molecule has 0 fully saturated rings. The van der Waals surface area contributed by atoms with Crippen LogP contribution in [-0.4, -0.2) is 11.1 Å². The van der Waals surface area contributed by atoms with Crippen molar-refractivity contribution >= 4 is 22.5 Å². The quantitative estimate of drug-likeness (QED) is 0.720. The minimum absolute atomic E-state index is 0.757. The summed E-state index contributed by atoms with van der Waals surface area (Å²) >= 11 is 6.16. The number of fused-ring (bicyclic) bond motifs is 1. The second-order valence-corrected chi connectivity index (χ2v) is 4.85. The fraction of sp³-hybridized carbons (Fsp3) is 0.200. The van der Waals surface area contributed by atoms with E-state index in [1.807, 2.05) is 24.3 Å². The molecule has 0 spiro atoms. The van der Waals surface area contributed by atoms with Crippen LogP contribution in [0.2, 0.25) is 5.02 Å². The summed E-state index contributed by atoms with van der Waals surface area (Å²) in [5.74, 6) is 0.959. The minimum Gasteiger partial charge on any atom is -0.468 e. The average Bonchev–Trinajstić information content (AvgIpc) is 3.05. The summed E-state index contributed by atoms with van der Waals surface area (Å²) in [5.41, 5.74) is 1.17. The monoisotopic (exact) mass is 274 g/mol. The van der Waals surface area contributed by atoms with E-state index in [9.17, 15) is 0 Å². The van der Waals surface area contributed by atoms with E-state index in [0.717, 1.165) is 35.8 Å². The Morgan fingerprint density at radius 1 is 1.16 bits per heavy atom. The normalized spacial score (nSPS) is 11.2. The maximum Gasteiger partial charge on any atom is 0.117 e. The molecule has 3 rings (SSSR count). The van der Waals surface area contributed by atoms with Crippen molar-refractivity contribution in [3.05, 3.63) is 59.6 Å². The van der Waals surface area contributed by atoms with Gasteiger partial charge in [0.15, 0.2) is 0 Å². The molecule has 3 aromatic rings. The van der Waals surface area contributed by atoms with Gasteiger partial charge in [0.1, 0.15) is 5.76 Å². The molecule has 2 aromatic heterocycles. The fourth-order valence-electron chi connectivity index (χ4n) is 2.21. The van der Waals surface area contributed by atoms with Gasteiger partial charge in [-0.3, -0.25) is 0 Å². The van der Waals surface area contributed by atoms with Gasteiger partial charge in [0.05, 0.1) is 12.8 Å². The smallest absolute Gasteiger partial charge is 0.117 e. The molecular weight excluding hydrogens is 260 g/mol. The molecule has 1 aromatic carbocycles. The maximum atomic E-state index is 6.16. The summed E-state index contributed by atoms with van der Waals surface area (Å²) in [5, 5.41) is 5.27. The number of nitrogens with zero attached hydrogens (tertiary/aromatic N) is 1. The van der Waals surface area contributed by atoms with Crippen LogP contribution in [0.1, 0.15) is 5.76 Å². The first kappa shape index (κ1) is 12.3. The Hall–Kier alpha value is -1.71. The van der Waals surface area contributed by atoms with Crippen molar-refractivity contribution in [2.24, 2.45) is 0 Å². The number of hydrogen-bond donors (Lipinski definition) is 1. The topological polar surface area (TPSA) is 30.1 Å². The SMILES string of the molecule is Clc1cccc2c1ccn2CCNCc1ccco1. The van der Waals surface area contributed by atoms with Gasteiger partial charge >= 0.3 is 0 Å². The third kappa shape index (κ3) is 2.67. The largest absolute Gasteiger partial charge is 0.468 e. The molecular formula is C15H15ClN2O. The summed E-state index contributed by atoms with van der Waals surface area (Å²) in [6.45, 7) is 2.55. The van der Waals surface area contributed by atoms with Crippen molar-refractivity contribution in [3.63, 3.8) is 0 Å². The van der Waals surface area contributed by atoms with Crippen LogP contribution >= 0.6 is 11.6 Å². The molecule has 0 amide bonds. The lowest BCUT2D eigenvalue weighted by Crippen LogP contribution is -2.18. The van der Waals surface area contributed by atoms with Gasteiger partial charge in [-0.2, -0.15) is 0 Å². The molecule has 98 valence electrons. The summed E-state index contributed by atoms with van der Waals surface area (Å²) in [6, 6.07) is 11.9. The van der Waals surface area contributed by atoms with Crippen molar-refractivity contribution in [1.82, 2.24) is 9.88 Å². The highest BCUT2D eigenvalue weighted by molar-refractivity contribution is 6.35. The molecule has 4 heteroatoms. The molecule has 2 heterocycles. The van der Waals surface area contributed by atoms with E-state index < -0.39 is 0 Å². The molecule has 0 aliphatic heterocycles. The molecule has 19 heavy (non-hydrogen) atoms. The van der Waals surface area contributed by atoms with Gasteiger partial charge in [0.2, 0.25) is 0 Å². The van der Waals surface area contributed by atoms with Crippen LogP contribution in [-0.2, 0) is 13.1 Å². The summed E-state index contributed by atoms with van der Waals surface area (Å²) in [6.07, 6.45) is 3.77. The zero-order valence-electron chi connectivity index (χ0n) is 10.5. The lowest BCUT2D eigenvalue weighted by Gasteiger charge is -2.06. The average molecular weight is 275 g/mol. The number of nitrogens with one attached hydrogen (secondary N) is 1. The third-order valence-corrected chi connectivity index (χ3v) is 3.50. The molecule has 1 N–H and O–H groups in total. The van der Waals surface area contributed by atoms with Gasteiger partial charge in [-0.25, -0.2) is 0 Å². The lowest BCUT2D eigenvalue weighted by molar-refractivity contribution is 0.477. The zero-order valence-corrected chi connectivity index (χ0v) is 11.2. The van der Waals surface area contributed by atoms with Crippen LogP contribution in [0.3, 0.4) is 0 Å². The van der Waals surface area contributed by atoms with Gasteiger partial charge in [-0.05, 0) is 30.3 Å². The van der Waals surface area contributed by atoms with Crippen molar-refractivity contribution in [1.29, 1.82) is 0 Å². The van der Waals surface area contributed by atoms with Crippen molar-refractivity contribution in [2.75, 3.05) is 6.54 Å². The first-order valence-corrected chi connectivity index (χ1v) is 6.69. The molecule has 0 radical (unpaired) electrons. The van der Waals surface area contributed by atoms with Crippen LogP contribution in [0.25, 0.3) is 10.9 Å². The Kier molecular flexibility index (Phi) is 3.58. The number of hydrogen-bond acceptors (Lipinski definition) is 2. The Balaban J connectivity index is 1.61. The van der Waals surface area contributed by atoms with E-state index in [4.69, 9.17) is 16.0 Å². The molecule has 0 atom stereocenters. The summed E-state index contributed by atoms with van der Waals surface area (Å²) in [4.78, 5) is 0. The Bertz CT molecular complexity index is 658.